The van der Waals surface area contributed by atoms with E-state index in [1.807, 2.05) is 20.8 Å². The molecule has 0 radical (unpaired) electrons. The minimum atomic E-state index is -0.543. The first-order valence-electron chi connectivity index (χ1n) is 8.35. The summed E-state index contributed by atoms with van der Waals surface area (Å²) in [6.07, 6.45) is 1.12. The van der Waals surface area contributed by atoms with E-state index in [1.54, 1.807) is 39.5 Å². The molecule has 6 heteroatoms. The van der Waals surface area contributed by atoms with E-state index >= 15 is 0 Å². The number of benzene rings is 1. The fourth-order valence-corrected chi connectivity index (χ4v) is 2.86. The van der Waals surface area contributed by atoms with Gasteiger partial charge in [-0.25, -0.2) is 0 Å². The maximum absolute atomic E-state index is 12.9. The van der Waals surface area contributed by atoms with Crippen LogP contribution in [0.2, 0.25) is 0 Å². The predicted octanol–water partition coefficient (Wildman–Crippen LogP) is 3.18. The number of amides is 1. The Kier molecular flexibility index (Phi) is 5.97. The Hall–Kier alpha value is -2.47. The van der Waals surface area contributed by atoms with Crippen LogP contribution in [0, 0.1) is 0 Å². The topological polar surface area (TPSA) is 66.0 Å². The molecule has 2 rings (SSSR count). The molecular formula is C20H27NO5. The molecule has 0 aliphatic carbocycles. The standard InChI is InChI=1S/C20H27NO5/c1-8-12-11-26-17(16(12)19(22)21-20(2,3)4)13-9-14(23-5)18(25-7)15(10-13)24-6/h8-10,17H,1,11H2,2-7H3,(H,21,22). The number of hydrogen-bond acceptors (Lipinski definition) is 5. The molecule has 142 valence electrons. The minimum absolute atomic E-state index is 0.177. The summed E-state index contributed by atoms with van der Waals surface area (Å²) < 4.78 is 22.1. The van der Waals surface area contributed by atoms with Crippen molar-refractivity contribution in [3.8, 4) is 17.2 Å². The summed E-state index contributed by atoms with van der Waals surface area (Å²) >= 11 is 0. The molecule has 1 N–H and O–H groups in total. The molecule has 0 aromatic heterocycles. The lowest BCUT2D eigenvalue weighted by molar-refractivity contribution is -0.119. The van der Waals surface area contributed by atoms with Gasteiger partial charge in [-0.15, -0.1) is 0 Å². The second-order valence-corrected chi connectivity index (χ2v) is 7.00. The molecule has 1 amide bonds. The van der Waals surface area contributed by atoms with Gasteiger partial charge in [0.05, 0.1) is 33.5 Å². The van der Waals surface area contributed by atoms with Crippen molar-refractivity contribution in [2.24, 2.45) is 0 Å². The van der Waals surface area contributed by atoms with E-state index in [-0.39, 0.29) is 11.4 Å². The first-order chi connectivity index (χ1) is 12.3. The first kappa shape index (κ1) is 19.8. The number of nitrogens with one attached hydrogen (secondary N) is 1. The smallest absolute Gasteiger partial charge is 0.250 e. The van der Waals surface area contributed by atoms with Gasteiger partial charge in [0, 0.05) is 5.54 Å². The van der Waals surface area contributed by atoms with Gasteiger partial charge < -0.3 is 24.3 Å². The highest BCUT2D eigenvalue weighted by atomic mass is 16.5. The number of carbonyl (C=O) groups excluding carboxylic acids is 1. The van der Waals surface area contributed by atoms with Crippen LogP contribution in [0.1, 0.15) is 32.4 Å². The zero-order valence-electron chi connectivity index (χ0n) is 16.3. The zero-order valence-corrected chi connectivity index (χ0v) is 16.3. The van der Waals surface area contributed by atoms with Gasteiger partial charge in [-0.2, -0.15) is 0 Å². The third-order valence-electron chi connectivity index (χ3n) is 3.98. The largest absolute Gasteiger partial charge is 0.493 e. The summed E-state index contributed by atoms with van der Waals surface area (Å²) in [5, 5.41) is 2.99. The van der Waals surface area contributed by atoms with E-state index in [1.165, 1.54) is 0 Å². The van der Waals surface area contributed by atoms with Gasteiger partial charge >= 0.3 is 0 Å². The zero-order chi connectivity index (χ0) is 19.5. The second kappa shape index (κ2) is 7.83. The van der Waals surface area contributed by atoms with Crippen LogP contribution in [0.3, 0.4) is 0 Å². The highest BCUT2D eigenvalue weighted by Gasteiger charge is 2.34. The summed E-state index contributed by atoms with van der Waals surface area (Å²) in [7, 11) is 4.65. The van der Waals surface area contributed by atoms with Gasteiger partial charge in [0.1, 0.15) is 6.10 Å². The van der Waals surface area contributed by atoms with Crippen molar-refractivity contribution in [2.45, 2.75) is 32.4 Å². The molecule has 0 saturated heterocycles. The van der Waals surface area contributed by atoms with Crippen LogP contribution in [-0.4, -0.2) is 39.4 Å². The fourth-order valence-electron chi connectivity index (χ4n) is 2.86. The molecule has 1 aromatic rings. The molecule has 6 nitrogen and oxygen atoms in total. The van der Waals surface area contributed by atoms with E-state index < -0.39 is 6.10 Å². The normalized spacial score (nSPS) is 17.1. The van der Waals surface area contributed by atoms with Gasteiger partial charge in [0.25, 0.3) is 5.91 Å². The van der Waals surface area contributed by atoms with Crippen LogP contribution in [0.5, 0.6) is 17.2 Å². The molecule has 0 bridgehead atoms. The van der Waals surface area contributed by atoms with Crippen LogP contribution >= 0.6 is 0 Å². The lowest BCUT2D eigenvalue weighted by Crippen LogP contribution is -2.42. The van der Waals surface area contributed by atoms with E-state index in [9.17, 15) is 4.79 Å². The predicted molar refractivity (Wildman–Crippen MR) is 99.9 cm³/mol. The summed E-state index contributed by atoms with van der Waals surface area (Å²) in [5.74, 6) is 1.33. The monoisotopic (exact) mass is 361 g/mol. The van der Waals surface area contributed by atoms with Crippen molar-refractivity contribution in [2.75, 3.05) is 27.9 Å². The molecular weight excluding hydrogens is 334 g/mol. The van der Waals surface area contributed by atoms with E-state index in [4.69, 9.17) is 18.9 Å². The van der Waals surface area contributed by atoms with Gasteiger partial charge in [-0.05, 0) is 44.0 Å². The molecule has 1 aliphatic heterocycles. The molecule has 1 unspecified atom stereocenters. The molecule has 0 fully saturated rings. The van der Waals surface area contributed by atoms with Crippen molar-refractivity contribution < 1.29 is 23.7 Å². The molecule has 0 spiro atoms. The minimum Gasteiger partial charge on any atom is -0.493 e. The number of carbonyl (C=O) groups is 1. The van der Waals surface area contributed by atoms with Crippen molar-refractivity contribution in [1.82, 2.24) is 5.32 Å². The van der Waals surface area contributed by atoms with Crippen molar-refractivity contribution >= 4 is 5.91 Å². The Morgan fingerprint density at radius 1 is 1.19 bits per heavy atom. The van der Waals surface area contributed by atoms with Crippen LogP contribution in [0.15, 0.2) is 35.9 Å². The summed E-state index contributed by atoms with van der Waals surface area (Å²) in [6, 6.07) is 3.59. The molecule has 1 heterocycles. The van der Waals surface area contributed by atoms with E-state index in [0.29, 0.717) is 29.4 Å². The second-order valence-electron chi connectivity index (χ2n) is 7.00. The third-order valence-corrected chi connectivity index (χ3v) is 3.98. The quantitative estimate of drug-likeness (QED) is 0.843. The Morgan fingerprint density at radius 3 is 2.19 bits per heavy atom. The maximum atomic E-state index is 12.9. The van der Waals surface area contributed by atoms with Crippen molar-refractivity contribution in [3.05, 3.63) is 41.5 Å². The van der Waals surface area contributed by atoms with Gasteiger partial charge in [-0.3, -0.25) is 4.79 Å². The number of ether oxygens (including phenoxy) is 4. The summed E-state index contributed by atoms with van der Waals surface area (Å²) in [5.41, 5.74) is 1.70. The lowest BCUT2D eigenvalue weighted by Gasteiger charge is -2.24. The third kappa shape index (κ3) is 4.02. The summed E-state index contributed by atoms with van der Waals surface area (Å²) in [6.45, 7) is 9.93. The van der Waals surface area contributed by atoms with Crippen LogP contribution in [-0.2, 0) is 9.53 Å². The molecule has 0 saturated carbocycles. The van der Waals surface area contributed by atoms with Gasteiger partial charge in [0.15, 0.2) is 11.5 Å². The van der Waals surface area contributed by atoms with Gasteiger partial charge in [0.2, 0.25) is 5.75 Å². The number of hydrogen-bond donors (Lipinski definition) is 1. The van der Waals surface area contributed by atoms with Gasteiger partial charge in [-0.1, -0.05) is 12.7 Å². The average molecular weight is 361 g/mol. The van der Waals surface area contributed by atoms with E-state index in [0.717, 1.165) is 11.1 Å². The lowest BCUT2D eigenvalue weighted by atomic mass is 9.96. The first-order valence-corrected chi connectivity index (χ1v) is 8.35. The highest BCUT2D eigenvalue weighted by Crippen LogP contribution is 2.43. The average Bonchev–Trinajstić information content (AvgIpc) is 3.03. The Morgan fingerprint density at radius 2 is 1.77 bits per heavy atom. The van der Waals surface area contributed by atoms with Crippen molar-refractivity contribution in [1.29, 1.82) is 0 Å². The molecule has 1 aliphatic rings. The maximum Gasteiger partial charge on any atom is 0.250 e. The van der Waals surface area contributed by atoms with E-state index in [2.05, 4.69) is 11.9 Å². The number of methoxy groups -OCH3 is 3. The molecule has 1 atom stereocenters. The van der Waals surface area contributed by atoms with Crippen LogP contribution in [0.25, 0.3) is 0 Å². The van der Waals surface area contributed by atoms with Crippen LogP contribution < -0.4 is 19.5 Å². The fraction of sp³-hybridized carbons (Fsp3) is 0.450. The highest BCUT2D eigenvalue weighted by molar-refractivity contribution is 5.97. The SMILES string of the molecule is C=CC1=C(C(=O)NC(C)(C)C)C(c2cc(OC)c(OC)c(OC)c2)OC1. The Bertz CT molecular complexity index is 705. The Labute approximate surface area is 154 Å². The Balaban J connectivity index is 2.51. The van der Waals surface area contributed by atoms with Crippen molar-refractivity contribution in [3.63, 3.8) is 0 Å². The molecule has 26 heavy (non-hydrogen) atoms. The summed E-state index contributed by atoms with van der Waals surface area (Å²) in [4.78, 5) is 12.9. The van der Waals surface area contributed by atoms with Crippen LogP contribution in [0.4, 0.5) is 0 Å². The molecule has 1 aromatic carbocycles. The number of rotatable bonds is 6.